The Labute approximate surface area is 138 Å². The molecule has 0 bridgehead atoms. The predicted octanol–water partition coefficient (Wildman–Crippen LogP) is 4.03. The minimum absolute atomic E-state index is 0.134. The molecular formula is C16H15ClN2O2S. The average molecular weight is 335 g/mol. The summed E-state index contributed by atoms with van der Waals surface area (Å²) < 4.78 is 0. The van der Waals surface area contributed by atoms with Gasteiger partial charge in [0.05, 0.1) is 10.8 Å². The minimum atomic E-state index is -0.155. The second kappa shape index (κ2) is 7.87. The Hall–Kier alpha value is -1.98. The zero-order chi connectivity index (χ0) is 15.9. The molecule has 0 spiro atoms. The maximum Gasteiger partial charge on any atom is 0.234 e. The Bertz CT molecular complexity index is 691. The van der Waals surface area contributed by atoms with Crippen LogP contribution in [0.3, 0.4) is 0 Å². The van der Waals surface area contributed by atoms with Crippen molar-refractivity contribution in [2.45, 2.75) is 11.8 Å². The van der Waals surface area contributed by atoms with Gasteiger partial charge in [-0.2, -0.15) is 0 Å². The van der Waals surface area contributed by atoms with Crippen LogP contribution in [-0.4, -0.2) is 17.6 Å². The molecule has 0 aliphatic carbocycles. The second-order valence-electron chi connectivity index (χ2n) is 4.53. The number of halogens is 1. The summed E-state index contributed by atoms with van der Waals surface area (Å²) in [6.45, 7) is 1.44. The number of nitrogens with one attached hydrogen (secondary N) is 2. The maximum atomic E-state index is 12.0. The van der Waals surface area contributed by atoms with E-state index >= 15 is 0 Å². The molecule has 0 aliphatic rings. The number of hydrogen-bond donors (Lipinski definition) is 2. The molecule has 0 unspecified atom stereocenters. The van der Waals surface area contributed by atoms with E-state index in [0.29, 0.717) is 16.4 Å². The zero-order valence-corrected chi connectivity index (χ0v) is 13.5. The van der Waals surface area contributed by atoms with Crippen molar-refractivity contribution in [3.8, 4) is 0 Å². The highest BCUT2D eigenvalue weighted by atomic mass is 35.5. The van der Waals surface area contributed by atoms with E-state index in [1.165, 1.54) is 18.7 Å². The lowest BCUT2D eigenvalue weighted by Crippen LogP contribution is -2.14. The lowest BCUT2D eigenvalue weighted by molar-refractivity contribution is -0.114. The highest BCUT2D eigenvalue weighted by Gasteiger charge is 2.06. The van der Waals surface area contributed by atoms with E-state index < -0.39 is 0 Å². The highest BCUT2D eigenvalue weighted by Crippen LogP contribution is 2.26. The normalized spacial score (nSPS) is 10.1. The minimum Gasteiger partial charge on any atom is -0.326 e. The molecule has 4 nitrogen and oxygen atoms in total. The van der Waals surface area contributed by atoms with Gasteiger partial charge in [0.2, 0.25) is 11.8 Å². The number of rotatable bonds is 5. The van der Waals surface area contributed by atoms with Crippen molar-refractivity contribution in [1.29, 1.82) is 0 Å². The monoisotopic (exact) mass is 334 g/mol. The van der Waals surface area contributed by atoms with Gasteiger partial charge < -0.3 is 10.6 Å². The summed E-state index contributed by atoms with van der Waals surface area (Å²) in [7, 11) is 0. The fraction of sp³-hybridized carbons (Fsp3) is 0.125. The molecule has 2 N–H and O–H groups in total. The van der Waals surface area contributed by atoms with Crippen LogP contribution in [0.1, 0.15) is 6.92 Å². The van der Waals surface area contributed by atoms with E-state index in [1.807, 2.05) is 18.2 Å². The summed E-state index contributed by atoms with van der Waals surface area (Å²) in [4.78, 5) is 23.9. The van der Waals surface area contributed by atoms with Crippen LogP contribution < -0.4 is 10.6 Å². The van der Waals surface area contributed by atoms with Gasteiger partial charge >= 0.3 is 0 Å². The summed E-state index contributed by atoms with van der Waals surface area (Å²) in [5.74, 6) is -0.0312. The second-order valence-corrected chi connectivity index (χ2v) is 5.95. The number of carbonyl (C=O) groups excluding carboxylic acids is 2. The Balaban J connectivity index is 1.92. The molecule has 114 valence electrons. The van der Waals surface area contributed by atoms with Crippen molar-refractivity contribution in [3.63, 3.8) is 0 Å². The number of benzene rings is 2. The van der Waals surface area contributed by atoms with Gasteiger partial charge in [-0.15, -0.1) is 11.8 Å². The number of carbonyl (C=O) groups is 2. The largest absolute Gasteiger partial charge is 0.326 e. The molecule has 0 atom stereocenters. The number of amides is 2. The summed E-state index contributed by atoms with van der Waals surface area (Å²) in [6, 6.07) is 14.4. The molecule has 2 rings (SSSR count). The third kappa shape index (κ3) is 5.09. The SMILES string of the molecule is CC(=O)Nc1cccc(NC(=O)CSc2ccccc2Cl)c1. The molecule has 2 aromatic carbocycles. The van der Waals surface area contributed by atoms with E-state index in [0.717, 1.165) is 4.90 Å². The van der Waals surface area contributed by atoms with E-state index in [1.54, 1.807) is 30.3 Å². The van der Waals surface area contributed by atoms with E-state index in [2.05, 4.69) is 10.6 Å². The molecule has 0 saturated heterocycles. The van der Waals surface area contributed by atoms with Gasteiger partial charge in [0.15, 0.2) is 0 Å². The van der Waals surface area contributed by atoms with Crippen molar-refractivity contribution in [1.82, 2.24) is 0 Å². The van der Waals surface area contributed by atoms with Gasteiger partial charge in [0, 0.05) is 23.2 Å². The topological polar surface area (TPSA) is 58.2 Å². The quantitative estimate of drug-likeness (QED) is 0.812. The number of anilines is 2. The lowest BCUT2D eigenvalue weighted by atomic mass is 10.2. The van der Waals surface area contributed by atoms with E-state index in [-0.39, 0.29) is 17.6 Å². The molecule has 22 heavy (non-hydrogen) atoms. The summed E-state index contributed by atoms with van der Waals surface area (Å²) in [6.07, 6.45) is 0. The maximum absolute atomic E-state index is 12.0. The van der Waals surface area contributed by atoms with Crippen molar-refractivity contribution in [2.24, 2.45) is 0 Å². The third-order valence-corrected chi connectivity index (χ3v) is 4.18. The first kappa shape index (κ1) is 16.4. The summed E-state index contributed by atoms with van der Waals surface area (Å²) >= 11 is 7.42. The Morgan fingerprint density at radius 2 is 1.73 bits per heavy atom. The molecular weight excluding hydrogens is 320 g/mol. The third-order valence-electron chi connectivity index (χ3n) is 2.66. The smallest absolute Gasteiger partial charge is 0.234 e. The van der Waals surface area contributed by atoms with Gasteiger partial charge in [0.25, 0.3) is 0 Å². The Morgan fingerprint density at radius 3 is 2.41 bits per heavy atom. The first-order valence-electron chi connectivity index (χ1n) is 6.59. The lowest BCUT2D eigenvalue weighted by Gasteiger charge is -2.08. The fourth-order valence-electron chi connectivity index (χ4n) is 1.78. The van der Waals surface area contributed by atoms with Gasteiger partial charge in [-0.1, -0.05) is 29.8 Å². The van der Waals surface area contributed by atoms with Crippen LogP contribution in [0.4, 0.5) is 11.4 Å². The molecule has 2 amide bonds. The van der Waals surface area contributed by atoms with Crippen LogP contribution in [0.5, 0.6) is 0 Å². The Kier molecular flexibility index (Phi) is 5.86. The van der Waals surface area contributed by atoms with Crippen molar-refractivity contribution < 1.29 is 9.59 Å². The van der Waals surface area contributed by atoms with Crippen molar-refractivity contribution in [2.75, 3.05) is 16.4 Å². The Morgan fingerprint density at radius 1 is 1.05 bits per heavy atom. The molecule has 0 aromatic heterocycles. The first-order valence-corrected chi connectivity index (χ1v) is 7.96. The molecule has 0 fully saturated rings. The van der Waals surface area contributed by atoms with Crippen LogP contribution >= 0.6 is 23.4 Å². The molecule has 0 radical (unpaired) electrons. The van der Waals surface area contributed by atoms with Crippen molar-refractivity contribution in [3.05, 3.63) is 53.6 Å². The predicted molar refractivity (Wildman–Crippen MR) is 91.6 cm³/mol. The van der Waals surface area contributed by atoms with Crippen LogP contribution in [-0.2, 0) is 9.59 Å². The standard InChI is InChI=1S/C16H15ClN2O2S/c1-11(20)18-12-5-4-6-13(9-12)19-16(21)10-22-15-8-3-2-7-14(15)17/h2-9H,10H2,1H3,(H,18,20)(H,19,21). The zero-order valence-electron chi connectivity index (χ0n) is 11.9. The summed E-state index contributed by atoms with van der Waals surface area (Å²) in [5, 5.41) is 6.09. The van der Waals surface area contributed by atoms with Gasteiger partial charge in [-0.05, 0) is 30.3 Å². The molecule has 6 heteroatoms. The van der Waals surface area contributed by atoms with Gasteiger partial charge in [-0.3, -0.25) is 9.59 Å². The average Bonchev–Trinajstić information content (AvgIpc) is 2.46. The highest BCUT2D eigenvalue weighted by molar-refractivity contribution is 8.00. The van der Waals surface area contributed by atoms with Crippen molar-refractivity contribution >= 4 is 46.6 Å². The fourth-order valence-corrected chi connectivity index (χ4v) is 2.82. The van der Waals surface area contributed by atoms with Crippen LogP contribution in [0, 0.1) is 0 Å². The summed E-state index contributed by atoms with van der Waals surface area (Å²) in [5.41, 5.74) is 1.28. The molecule has 0 aliphatic heterocycles. The van der Waals surface area contributed by atoms with Crippen LogP contribution in [0.25, 0.3) is 0 Å². The molecule has 0 heterocycles. The van der Waals surface area contributed by atoms with E-state index in [9.17, 15) is 9.59 Å². The van der Waals surface area contributed by atoms with Gasteiger partial charge in [-0.25, -0.2) is 0 Å². The molecule has 0 saturated carbocycles. The first-order chi connectivity index (χ1) is 10.5. The van der Waals surface area contributed by atoms with Crippen LogP contribution in [0.15, 0.2) is 53.4 Å². The van der Waals surface area contributed by atoms with Crippen LogP contribution in [0.2, 0.25) is 5.02 Å². The molecule has 2 aromatic rings. The number of thioether (sulfide) groups is 1. The van der Waals surface area contributed by atoms with Gasteiger partial charge in [0.1, 0.15) is 0 Å². The van der Waals surface area contributed by atoms with E-state index in [4.69, 9.17) is 11.6 Å². The number of hydrogen-bond acceptors (Lipinski definition) is 3.